The monoisotopic (exact) mass is 354 g/mol. The highest BCUT2D eigenvalue weighted by atomic mass is 32.1. The number of hydrogen-bond donors (Lipinski definition) is 0. The minimum atomic E-state index is 0.0788. The first-order valence-electron chi connectivity index (χ1n) is 7.71. The molecule has 0 radical (unpaired) electrons. The van der Waals surface area contributed by atoms with Crippen LogP contribution in [0, 0.1) is 0 Å². The second kappa shape index (κ2) is 8.04. The Morgan fingerprint density at radius 3 is 2.75 bits per heavy atom. The number of nitrogens with zero attached hydrogens (tertiary/aromatic N) is 2. The van der Waals surface area contributed by atoms with E-state index in [4.69, 9.17) is 0 Å². The van der Waals surface area contributed by atoms with E-state index in [1.165, 1.54) is 16.9 Å². The van der Waals surface area contributed by atoms with Crippen LogP contribution in [0.5, 0.6) is 0 Å². The van der Waals surface area contributed by atoms with Crippen LogP contribution in [0.2, 0.25) is 0 Å². The molecule has 0 aliphatic rings. The lowest BCUT2D eigenvalue weighted by atomic mass is 10.2. The molecule has 0 spiro atoms. The first-order chi connectivity index (χ1) is 11.8. The minimum Gasteiger partial charge on any atom is -0.284 e. The van der Waals surface area contributed by atoms with Gasteiger partial charge < -0.3 is 0 Å². The first-order valence-corrected chi connectivity index (χ1v) is 9.53. The molecule has 0 atom stereocenters. The Morgan fingerprint density at radius 2 is 2.04 bits per heavy atom. The summed E-state index contributed by atoms with van der Waals surface area (Å²) >= 11 is 3.15. The number of aryl methyl sites for hydroxylation is 1. The lowest BCUT2D eigenvalue weighted by Gasteiger charge is -2.17. The predicted octanol–water partition coefficient (Wildman–Crippen LogP) is 5.02. The van der Waals surface area contributed by atoms with Gasteiger partial charge in [-0.3, -0.25) is 9.69 Å². The molecule has 0 unspecified atom stereocenters. The second-order valence-electron chi connectivity index (χ2n) is 5.31. The van der Waals surface area contributed by atoms with Gasteiger partial charge in [-0.05, 0) is 28.8 Å². The molecule has 5 heteroatoms. The van der Waals surface area contributed by atoms with Crippen LogP contribution in [-0.2, 0) is 11.2 Å². The average molecular weight is 355 g/mol. The average Bonchev–Trinajstić information content (AvgIpc) is 3.30. The van der Waals surface area contributed by atoms with Crippen molar-refractivity contribution in [2.75, 3.05) is 11.4 Å². The maximum Gasteiger partial charge on any atom is 0.229 e. The van der Waals surface area contributed by atoms with Crippen molar-refractivity contribution in [1.82, 2.24) is 4.98 Å². The summed E-state index contributed by atoms with van der Waals surface area (Å²) in [5.74, 6) is 0.0788. The van der Waals surface area contributed by atoms with Crippen LogP contribution in [0.4, 0.5) is 5.13 Å². The van der Waals surface area contributed by atoms with E-state index in [0.29, 0.717) is 13.0 Å². The molecule has 3 rings (SSSR count). The molecule has 0 saturated carbocycles. The molecule has 0 N–H and O–H groups in total. The summed E-state index contributed by atoms with van der Waals surface area (Å²) in [7, 11) is 0. The Labute approximate surface area is 149 Å². The van der Waals surface area contributed by atoms with Gasteiger partial charge in [0, 0.05) is 23.9 Å². The Morgan fingerprint density at radius 1 is 1.21 bits per heavy atom. The van der Waals surface area contributed by atoms with Gasteiger partial charge in [0.1, 0.15) is 0 Å². The lowest BCUT2D eigenvalue weighted by Crippen LogP contribution is -2.31. The summed E-state index contributed by atoms with van der Waals surface area (Å²) in [4.78, 5) is 19.0. The number of amides is 1. The molecule has 2 aromatic heterocycles. The van der Waals surface area contributed by atoms with Crippen LogP contribution in [0.1, 0.15) is 12.0 Å². The third kappa shape index (κ3) is 3.99. The van der Waals surface area contributed by atoms with Gasteiger partial charge in [0.05, 0.1) is 5.69 Å². The van der Waals surface area contributed by atoms with Crippen molar-refractivity contribution in [3.8, 4) is 11.3 Å². The van der Waals surface area contributed by atoms with E-state index in [-0.39, 0.29) is 5.91 Å². The van der Waals surface area contributed by atoms with Crippen molar-refractivity contribution >= 4 is 33.7 Å². The van der Waals surface area contributed by atoms with E-state index in [9.17, 15) is 4.79 Å². The van der Waals surface area contributed by atoms with Gasteiger partial charge in [-0.25, -0.2) is 4.98 Å². The number of aromatic nitrogens is 1. The maximum atomic E-state index is 12.6. The molecule has 1 amide bonds. The smallest absolute Gasteiger partial charge is 0.229 e. The van der Waals surface area contributed by atoms with Crippen molar-refractivity contribution in [2.24, 2.45) is 0 Å². The van der Waals surface area contributed by atoms with E-state index >= 15 is 0 Å². The zero-order chi connectivity index (χ0) is 16.8. The highest BCUT2D eigenvalue weighted by Crippen LogP contribution is 2.28. The predicted molar refractivity (Wildman–Crippen MR) is 103 cm³/mol. The van der Waals surface area contributed by atoms with Crippen LogP contribution in [-0.4, -0.2) is 17.4 Å². The molecule has 3 aromatic rings. The van der Waals surface area contributed by atoms with Gasteiger partial charge in [-0.2, -0.15) is 11.3 Å². The van der Waals surface area contributed by atoms with E-state index in [0.717, 1.165) is 22.8 Å². The molecule has 0 aliphatic heterocycles. The molecule has 1 aromatic carbocycles. The number of hydrogen-bond acceptors (Lipinski definition) is 4. The zero-order valence-corrected chi connectivity index (χ0v) is 14.9. The third-order valence-corrected chi connectivity index (χ3v) is 5.21. The summed E-state index contributed by atoms with van der Waals surface area (Å²) in [6.07, 6.45) is 2.98. The maximum absolute atomic E-state index is 12.6. The second-order valence-corrected chi connectivity index (χ2v) is 6.92. The molecule has 0 bridgehead atoms. The summed E-state index contributed by atoms with van der Waals surface area (Å²) in [5.41, 5.74) is 3.16. The number of thiophene rings is 1. The third-order valence-electron chi connectivity index (χ3n) is 3.61. The van der Waals surface area contributed by atoms with Crippen molar-refractivity contribution in [1.29, 1.82) is 0 Å². The normalized spacial score (nSPS) is 10.5. The molecule has 0 saturated heterocycles. The van der Waals surface area contributed by atoms with Crippen molar-refractivity contribution in [3.05, 3.63) is 70.8 Å². The quantitative estimate of drug-likeness (QED) is 0.558. The van der Waals surface area contributed by atoms with Crippen molar-refractivity contribution < 1.29 is 4.79 Å². The van der Waals surface area contributed by atoms with Gasteiger partial charge in [0.25, 0.3) is 0 Å². The molecule has 0 fully saturated rings. The highest BCUT2D eigenvalue weighted by molar-refractivity contribution is 7.14. The van der Waals surface area contributed by atoms with E-state index < -0.39 is 0 Å². The molecule has 2 heterocycles. The Balaban J connectivity index is 1.74. The van der Waals surface area contributed by atoms with Crippen LogP contribution in [0.15, 0.2) is 65.2 Å². The van der Waals surface area contributed by atoms with Crippen LogP contribution in [0.3, 0.4) is 0 Å². The number of rotatable bonds is 7. The minimum absolute atomic E-state index is 0.0788. The number of benzene rings is 1. The number of anilines is 1. The van der Waals surface area contributed by atoms with Crippen LogP contribution >= 0.6 is 22.7 Å². The van der Waals surface area contributed by atoms with Gasteiger partial charge in [-0.15, -0.1) is 17.9 Å². The largest absolute Gasteiger partial charge is 0.284 e. The summed E-state index contributed by atoms with van der Waals surface area (Å²) < 4.78 is 0. The molecular formula is C19H18N2OS2. The van der Waals surface area contributed by atoms with Gasteiger partial charge in [0.2, 0.25) is 5.91 Å². The fraction of sp³-hybridized carbons (Fsp3) is 0.158. The molecular weight excluding hydrogens is 336 g/mol. The van der Waals surface area contributed by atoms with Gasteiger partial charge >= 0.3 is 0 Å². The topological polar surface area (TPSA) is 33.2 Å². The van der Waals surface area contributed by atoms with Crippen LogP contribution in [0.25, 0.3) is 11.3 Å². The highest BCUT2D eigenvalue weighted by Gasteiger charge is 2.18. The SMILES string of the molecule is C=CCN(C(=O)CCc1ccsc1)c1nc(-c2ccccc2)cs1. The van der Waals surface area contributed by atoms with Crippen LogP contribution < -0.4 is 4.90 Å². The fourth-order valence-corrected chi connectivity index (χ4v) is 3.93. The molecule has 3 nitrogen and oxygen atoms in total. The fourth-order valence-electron chi connectivity index (χ4n) is 2.37. The van der Waals surface area contributed by atoms with Gasteiger partial charge in [-0.1, -0.05) is 36.4 Å². The van der Waals surface area contributed by atoms with E-state index in [2.05, 4.69) is 23.0 Å². The Bertz CT molecular complexity index is 794. The lowest BCUT2D eigenvalue weighted by molar-refractivity contribution is -0.118. The molecule has 0 aliphatic carbocycles. The summed E-state index contributed by atoms with van der Waals surface area (Å²) in [6, 6.07) is 12.1. The van der Waals surface area contributed by atoms with Crippen molar-refractivity contribution in [3.63, 3.8) is 0 Å². The molecule has 24 heavy (non-hydrogen) atoms. The standard InChI is InChI=1S/C19H18N2OS2/c1-2-11-21(18(22)9-8-15-10-12-23-13-15)19-20-17(14-24-19)16-6-4-3-5-7-16/h2-7,10,12-14H,1,8-9,11H2. The Hall–Kier alpha value is -2.24. The van der Waals surface area contributed by atoms with Gasteiger partial charge in [0.15, 0.2) is 5.13 Å². The number of thiazole rings is 1. The number of carbonyl (C=O) groups is 1. The van der Waals surface area contributed by atoms with E-state index in [1.54, 1.807) is 22.3 Å². The summed E-state index contributed by atoms with van der Waals surface area (Å²) in [6.45, 7) is 4.24. The van der Waals surface area contributed by atoms with E-state index in [1.807, 2.05) is 41.1 Å². The number of carbonyl (C=O) groups excluding carboxylic acids is 1. The Kier molecular flexibility index (Phi) is 5.56. The molecule has 122 valence electrons. The summed E-state index contributed by atoms with van der Waals surface area (Å²) in [5, 5.41) is 6.84. The first kappa shape index (κ1) is 16.6. The van der Waals surface area contributed by atoms with Crippen molar-refractivity contribution in [2.45, 2.75) is 12.8 Å². The zero-order valence-electron chi connectivity index (χ0n) is 13.2.